The van der Waals surface area contributed by atoms with Gasteiger partial charge in [0, 0.05) is 18.3 Å². The molecule has 132 valence electrons. The molecular formula is C20H15Cl2FN2O. The van der Waals surface area contributed by atoms with E-state index in [0.717, 1.165) is 11.3 Å². The van der Waals surface area contributed by atoms with Gasteiger partial charge in [-0.05, 0) is 54.1 Å². The molecule has 0 spiro atoms. The van der Waals surface area contributed by atoms with Crippen LogP contribution in [0.3, 0.4) is 0 Å². The molecule has 3 aromatic rings. The number of nitrogens with zero attached hydrogens (tertiary/aromatic N) is 2. The van der Waals surface area contributed by atoms with E-state index < -0.39 is 0 Å². The van der Waals surface area contributed by atoms with Gasteiger partial charge in [0.1, 0.15) is 5.82 Å². The highest BCUT2D eigenvalue weighted by Crippen LogP contribution is 2.24. The maximum atomic E-state index is 13.2. The standard InChI is InChI=1S/C20H15Cl2FN2O/c21-18-9-4-14(11-19(18)22)12-25(13-17-3-1-2-10-24-17)20(26)15-5-7-16(23)8-6-15/h1-11H,12-13H2. The fraction of sp³-hybridized carbons (Fsp3) is 0.100. The molecule has 1 heterocycles. The van der Waals surface area contributed by atoms with Crippen LogP contribution >= 0.6 is 23.2 Å². The Labute approximate surface area is 161 Å². The number of aromatic nitrogens is 1. The fourth-order valence-corrected chi connectivity index (χ4v) is 2.84. The third kappa shape index (κ3) is 4.59. The van der Waals surface area contributed by atoms with Crippen LogP contribution in [0.15, 0.2) is 66.9 Å². The highest BCUT2D eigenvalue weighted by Gasteiger charge is 2.18. The van der Waals surface area contributed by atoms with Crippen LogP contribution in [0.1, 0.15) is 21.6 Å². The van der Waals surface area contributed by atoms with Crippen molar-refractivity contribution in [2.45, 2.75) is 13.1 Å². The van der Waals surface area contributed by atoms with E-state index in [9.17, 15) is 9.18 Å². The van der Waals surface area contributed by atoms with Gasteiger partial charge in [0.2, 0.25) is 0 Å². The summed E-state index contributed by atoms with van der Waals surface area (Å²) in [5, 5.41) is 0.882. The van der Waals surface area contributed by atoms with Gasteiger partial charge < -0.3 is 4.90 Å². The Morgan fingerprint density at radius 3 is 2.38 bits per heavy atom. The Morgan fingerprint density at radius 1 is 0.962 bits per heavy atom. The highest BCUT2D eigenvalue weighted by molar-refractivity contribution is 6.42. The van der Waals surface area contributed by atoms with Gasteiger partial charge in [-0.1, -0.05) is 35.3 Å². The lowest BCUT2D eigenvalue weighted by molar-refractivity contribution is 0.0728. The SMILES string of the molecule is O=C(c1ccc(F)cc1)N(Cc1ccc(Cl)c(Cl)c1)Cc1ccccn1. The normalized spacial score (nSPS) is 10.6. The number of rotatable bonds is 5. The molecule has 2 aromatic carbocycles. The van der Waals surface area contributed by atoms with Gasteiger partial charge in [-0.3, -0.25) is 9.78 Å². The summed E-state index contributed by atoms with van der Waals surface area (Å²) in [7, 11) is 0. The van der Waals surface area contributed by atoms with E-state index in [0.29, 0.717) is 28.7 Å². The van der Waals surface area contributed by atoms with Gasteiger partial charge in [0.05, 0.1) is 22.3 Å². The van der Waals surface area contributed by atoms with E-state index in [-0.39, 0.29) is 11.7 Å². The van der Waals surface area contributed by atoms with Gasteiger partial charge in [0.15, 0.2) is 0 Å². The second kappa shape index (κ2) is 8.30. The minimum Gasteiger partial charge on any atom is -0.328 e. The number of hydrogen-bond donors (Lipinski definition) is 0. The molecule has 1 aromatic heterocycles. The Bertz CT molecular complexity index is 901. The fourth-order valence-electron chi connectivity index (χ4n) is 2.52. The van der Waals surface area contributed by atoms with Crippen molar-refractivity contribution in [3.63, 3.8) is 0 Å². The van der Waals surface area contributed by atoms with Crippen LogP contribution in [0.25, 0.3) is 0 Å². The summed E-state index contributed by atoms with van der Waals surface area (Å²) in [6, 6.07) is 16.2. The summed E-state index contributed by atoms with van der Waals surface area (Å²) in [5.74, 6) is -0.607. The van der Waals surface area contributed by atoms with Crippen LogP contribution in [0.5, 0.6) is 0 Å². The molecule has 0 unspecified atom stereocenters. The van der Waals surface area contributed by atoms with Crippen molar-refractivity contribution < 1.29 is 9.18 Å². The van der Waals surface area contributed by atoms with Crippen LogP contribution in [-0.4, -0.2) is 15.8 Å². The van der Waals surface area contributed by atoms with Crippen molar-refractivity contribution in [1.29, 1.82) is 0 Å². The molecule has 3 nitrogen and oxygen atoms in total. The lowest BCUT2D eigenvalue weighted by Crippen LogP contribution is -2.30. The minimum atomic E-state index is -0.387. The maximum absolute atomic E-state index is 13.2. The summed E-state index contributed by atoms with van der Waals surface area (Å²) in [4.78, 5) is 18.8. The Morgan fingerprint density at radius 2 is 1.73 bits per heavy atom. The van der Waals surface area contributed by atoms with E-state index in [2.05, 4.69) is 4.98 Å². The minimum absolute atomic E-state index is 0.221. The number of halogens is 3. The third-order valence-corrected chi connectivity index (χ3v) is 4.55. The monoisotopic (exact) mass is 388 g/mol. The van der Waals surface area contributed by atoms with E-state index in [1.165, 1.54) is 24.3 Å². The first-order valence-electron chi connectivity index (χ1n) is 7.91. The van der Waals surface area contributed by atoms with E-state index >= 15 is 0 Å². The van der Waals surface area contributed by atoms with Crippen molar-refractivity contribution in [3.05, 3.63) is 99.5 Å². The second-order valence-corrected chi connectivity index (χ2v) is 6.55. The summed E-state index contributed by atoms with van der Waals surface area (Å²) < 4.78 is 13.2. The topological polar surface area (TPSA) is 33.2 Å². The molecule has 0 saturated heterocycles. The van der Waals surface area contributed by atoms with Crippen molar-refractivity contribution >= 4 is 29.1 Å². The lowest BCUT2D eigenvalue weighted by Gasteiger charge is -2.23. The Kier molecular flexibility index (Phi) is 5.86. The lowest BCUT2D eigenvalue weighted by atomic mass is 10.1. The van der Waals surface area contributed by atoms with E-state index in [1.807, 2.05) is 24.3 Å². The predicted octanol–water partition coefficient (Wildman–Crippen LogP) is 5.37. The van der Waals surface area contributed by atoms with Crippen LogP contribution in [0.4, 0.5) is 4.39 Å². The molecule has 0 radical (unpaired) electrons. The predicted molar refractivity (Wildman–Crippen MR) is 101 cm³/mol. The zero-order valence-corrected chi connectivity index (χ0v) is 15.2. The summed E-state index contributed by atoms with van der Waals surface area (Å²) >= 11 is 12.0. The molecule has 26 heavy (non-hydrogen) atoms. The first-order valence-corrected chi connectivity index (χ1v) is 8.67. The third-order valence-electron chi connectivity index (χ3n) is 3.81. The van der Waals surface area contributed by atoms with Crippen molar-refractivity contribution in [2.24, 2.45) is 0 Å². The largest absolute Gasteiger partial charge is 0.328 e. The van der Waals surface area contributed by atoms with Gasteiger partial charge in [-0.2, -0.15) is 0 Å². The molecule has 0 N–H and O–H groups in total. The average molecular weight is 389 g/mol. The van der Waals surface area contributed by atoms with Gasteiger partial charge in [-0.25, -0.2) is 4.39 Å². The number of amides is 1. The molecule has 6 heteroatoms. The maximum Gasteiger partial charge on any atom is 0.254 e. The van der Waals surface area contributed by atoms with Crippen LogP contribution in [0.2, 0.25) is 10.0 Å². The molecule has 0 bridgehead atoms. The molecule has 1 amide bonds. The average Bonchev–Trinajstić information content (AvgIpc) is 2.65. The Hall–Kier alpha value is -2.43. The molecule has 0 fully saturated rings. The first kappa shape index (κ1) is 18.4. The van der Waals surface area contributed by atoms with Crippen LogP contribution < -0.4 is 0 Å². The zero-order valence-electron chi connectivity index (χ0n) is 13.7. The summed E-state index contributed by atoms with van der Waals surface area (Å²) in [5.41, 5.74) is 2.00. The van der Waals surface area contributed by atoms with E-state index in [1.54, 1.807) is 23.2 Å². The number of carbonyl (C=O) groups is 1. The van der Waals surface area contributed by atoms with Crippen molar-refractivity contribution in [3.8, 4) is 0 Å². The smallest absolute Gasteiger partial charge is 0.254 e. The van der Waals surface area contributed by atoms with Gasteiger partial charge >= 0.3 is 0 Å². The molecule has 0 aliphatic heterocycles. The van der Waals surface area contributed by atoms with E-state index in [4.69, 9.17) is 23.2 Å². The van der Waals surface area contributed by atoms with Crippen molar-refractivity contribution in [1.82, 2.24) is 9.88 Å². The first-order chi connectivity index (χ1) is 12.5. The number of benzene rings is 2. The molecule has 0 saturated carbocycles. The molecular weight excluding hydrogens is 374 g/mol. The zero-order chi connectivity index (χ0) is 18.5. The number of hydrogen-bond acceptors (Lipinski definition) is 2. The van der Waals surface area contributed by atoms with Crippen molar-refractivity contribution in [2.75, 3.05) is 0 Å². The quantitative estimate of drug-likeness (QED) is 0.588. The van der Waals surface area contributed by atoms with Gasteiger partial charge in [-0.15, -0.1) is 0 Å². The summed E-state index contributed by atoms with van der Waals surface area (Å²) in [6.45, 7) is 0.640. The Balaban J connectivity index is 1.88. The molecule has 0 atom stereocenters. The molecule has 0 aliphatic carbocycles. The number of carbonyl (C=O) groups excluding carboxylic acids is 1. The van der Waals surface area contributed by atoms with Gasteiger partial charge in [0.25, 0.3) is 5.91 Å². The van der Waals surface area contributed by atoms with Crippen LogP contribution in [0, 0.1) is 5.82 Å². The van der Waals surface area contributed by atoms with Crippen LogP contribution in [-0.2, 0) is 13.1 Å². The second-order valence-electron chi connectivity index (χ2n) is 5.74. The highest BCUT2D eigenvalue weighted by atomic mass is 35.5. The summed E-state index contributed by atoms with van der Waals surface area (Å²) in [6.07, 6.45) is 1.68. The molecule has 3 rings (SSSR count). The number of pyridine rings is 1. The molecule has 0 aliphatic rings.